The molecule has 0 saturated heterocycles. The third-order valence-electron chi connectivity index (χ3n) is 4.98. The molecule has 34 heavy (non-hydrogen) atoms. The van der Waals surface area contributed by atoms with Crippen LogP contribution in [0, 0.1) is 11.3 Å². The molecule has 0 aliphatic heterocycles. The lowest BCUT2D eigenvalue weighted by molar-refractivity contribution is -0.274. The molecule has 0 fully saturated rings. The van der Waals surface area contributed by atoms with E-state index in [-0.39, 0.29) is 11.3 Å². The van der Waals surface area contributed by atoms with Crippen LogP contribution >= 0.6 is 0 Å². The number of halogens is 3. The van der Waals surface area contributed by atoms with Gasteiger partial charge in [0.05, 0.1) is 17.8 Å². The van der Waals surface area contributed by atoms with Crippen LogP contribution in [0.15, 0.2) is 78.0 Å². The molecule has 2 aromatic carbocycles. The van der Waals surface area contributed by atoms with Crippen LogP contribution in [0.4, 0.5) is 18.9 Å². The molecule has 0 aliphatic carbocycles. The molecular weight excluding hydrogens is 447 g/mol. The Labute approximate surface area is 192 Å². The summed E-state index contributed by atoms with van der Waals surface area (Å²) in [4.78, 5) is 12.9. The van der Waals surface area contributed by atoms with Gasteiger partial charge < -0.3 is 10.1 Å². The lowest BCUT2D eigenvalue weighted by Gasteiger charge is -2.15. The predicted octanol–water partition coefficient (Wildman–Crippen LogP) is 4.62. The molecule has 4 rings (SSSR count). The van der Waals surface area contributed by atoms with Crippen molar-refractivity contribution in [3.8, 4) is 28.6 Å². The van der Waals surface area contributed by atoms with Crippen LogP contribution in [0.2, 0.25) is 0 Å². The summed E-state index contributed by atoms with van der Waals surface area (Å²) in [6.07, 6.45) is 0.253. The lowest BCUT2D eigenvalue weighted by Crippen LogP contribution is -2.19. The molecular formula is C24H18F3N5O2. The highest BCUT2D eigenvalue weighted by Gasteiger charge is 2.31. The first-order valence-corrected chi connectivity index (χ1v) is 10.1. The van der Waals surface area contributed by atoms with Gasteiger partial charge in [0.1, 0.15) is 5.75 Å². The highest BCUT2D eigenvalue weighted by Crippen LogP contribution is 2.28. The maximum absolute atomic E-state index is 12.9. The summed E-state index contributed by atoms with van der Waals surface area (Å²) in [5, 5.41) is 16.4. The Balaban J connectivity index is 1.68. The minimum Gasteiger partial charge on any atom is -0.406 e. The SMILES string of the molecule is Cn1cc(-c2cn(-c3ccc(OC(F)(F)F)cc3)c(=O)cc2NCc2ccc(C#N)cc2)cn1. The largest absolute Gasteiger partial charge is 0.573 e. The minimum absolute atomic E-state index is 0.376. The molecule has 7 nitrogen and oxygen atoms in total. The first kappa shape index (κ1) is 22.7. The Bertz CT molecular complexity index is 1400. The number of anilines is 1. The van der Waals surface area contributed by atoms with Gasteiger partial charge in [0.2, 0.25) is 0 Å². The van der Waals surface area contributed by atoms with Crippen LogP contribution in [0.3, 0.4) is 0 Å². The molecule has 0 aliphatic rings. The van der Waals surface area contributed by atoms with Gasteiger partial charge in [-0.15, -0.1) is 13.2 Å². The topological polar surface area (TPSA) is 84.9 Å². The molecule has 4 aromatic rings. The number of alkyl halides is 3. The monoisotopic (exact) mass is 465 g/mol. The third-order valence-corrected chi connectivity index (χ3v) is 4.98. The highest BCUT2D eigenvalue weighted by molar-refractivity contribution is 5.76. The number of pyridine rings is 1. The summed E-state index contributed by atoms with van der Waals surface area (Å²) in [6.45, 7) is 0.409. The lowest BCUT2D eigenvalue weighted by atomic mass is 10.1. The van der Waals surface area contributed by atoms with Crippen molar-refractivity contribution in [2.75, 3.05) is 5.32 Å². The second-order valence-corrected chi connectivity index (χ2v) is 7.42. The predicted molar refractivity (Wildman–Crippen MR) is 119 cm³/mol. The second-order valence-electron chi connectivity index (χ2n) is 7.42. The molecule has 0 unspecified atom stereocenters. The van der Waals surface area contributed by atoms with Crippen LogP contribution < -0.4 is 15.6 Å². The number of ether oxygens (including phenoxy) is 1. The van der Waals surface area contributed by atoms with Crippen LogP contribution in [0.5, 0.6) is 5.75 Å². The highest BCUT2D eigenvalue weighted by atomic mass is 19.4. The summed E-state index contributed by atoms with van der Waals surface area (Å²) in [5.41, 5.74) is 3.46. The third kappa shape index (κ3) is 5.27. The van der Waals surface area contributed by atoms with E-state index in [0.717, 1.165) is 23.3 Å². The Hall–Kier alpha value is -4.52. The zero-order valence-electron chi connectivity index (χ0n) is 17.9. The number of rotatable bonds is 6. The van der Waals surface area contributed by atoms with Crippen molar-refractivity contribution in [1.29, 1.82) is 5.26 Å². The molecule has 2 aromatic heterocycles. The van der Waals surface area contributed by atoms with Crippen LogP contribution in [0.25, 0.3) is 16.8 Å². The molecule has 0 spiro atoms. The fourth-order valence-electron chi connectivity index (χ4n) is 3.37. The van der Waals surface area contributed by atoms with Gasteiger partial charge >= 0.3 is 6.36 Å². The standard InChI is InChI=1S/C24H18F3N5O2/c1-31-14-18(13-30-31)21-15-32(19-6-8-20(9-7-19)34-24(25,26)27)23(33)10-22(21)29-12-17-4-2-16(11-28)3-5-17/h2-10,13-15,29H,12H2,1H3. The molecule has 10 heteroatoms. The van der Waals surface area contributed by atoms with Crippen molar-refractivity contribution in [2.24, 2.45) is 7.05 Å². The number of hydrogen-bond donors (Lipinski definition) is 1. The summed E-state index contributed by atoms with van der Waals surface area (Å²) in [5.74, 6) is -0.377. The smallest absolute Gasteiger partial charge is 0.406 e. The van der Waals surface area contributed by atoms with Crippen molar-refractivity contribution in [3.05, 3.63) is 94.7 Å². The van der Waals surface area contributed by atoms with E-state index in [0.29, 0.717) is 29.0 Å². The van der Waals surface area contributed by atoms with E-state index in [1.165, 1.54) is 22.8 Å². The van der Waals surface area contributed by atoms with E-state index >= 15 is 0 Å². The Morgan fingerprint density at radius 1 is 1.09 bits per heavy atom. The van der Waals surface area contributed by atoms with Gasteiger partial charge in [-0.25, -0.2) is 0 Å². The maximum Gasteiger partial charge on any atom is 0.573 e. The number of aryl methyl sites for hydroxylation is 1. The molecule has 0 bridgehead atoms. The quantitative estimate of drug-likeness (QED) is 0.449. The van der Waals surface area contributed by atoms with Gasteiger partial charge in [-0.2, -0.15) is 10.4 Å². The van der Waals surface area contributed by atoms with E-state index in [9.17, 15) is 18.0 Å². The van der Waals surface area contributed by atoms with Crippen LogP contribution in [-0.4, -0.2) is 20.7 Å². The first-order valence-electron chi connectivity index (χ1n) is 10.1. The summed E-state index contributed by atoms with van der Waals surface area (Å²) in [7, 11) is 1.77. The fourth-order valence-corrected chi connectivity index (χ4v) is 3.37. The van der Waals surface area contributed by atoms with E-state index in [2.05, 4.69) is 21.2 Å². The van der Waals surface area contributed by atoms with Crippen molar-refractivity contribution in [2.45, 2.75) is 12.9 Å². The van der Waals surface area contributed by atoms with Gasteiger partial charge in [-0.1, -0.05) is 12.1 Å². The van der Waals surface area contributed by atoms with Gasteiger partial charge in [-0.3, -0.25) is 14.0 Å². The van der Waals surface area contributed by atoms with Gasteiger partial charge in [0.25, 0.3) is 5.56 Å². The van der Waals surface area contributed by atoms with E-state index in [1.807, 2.05) is 12.1 Å². The van der Waals surface area contributed by atoms with Gasteiger partial charge in [0.15, 0.2) is 0 Å². The van der Waals surface area contributed by atoms with Crippen molar-refractivity contribution in [3.63, 3.8) is 0 Å². The van der Waals surface area contributed by atoms with Gasteiger partial charge in [-0.05, 0) is 42.0 Å². The number of aromatic nitrogens is 3. The Morgan fingerprint density at radius 2 is 1.79 bits per heavy atom. The van der Waals surface area contributed by atoms with E-state index in [1.54, 1.807) is 42.5 Å². The maximum atomic E-state index is 12.9. The first-order chi connectivity index (χ1) is 16.2. The molecule has 0 radical (unpaired) electrons. The fraction of sp³-hybridized carbons (Fsp3) is 0.125. The summed E-state index contributed by atoms with van der Waals surface area (Å²) < 4.78 is 44.2. The normalized spacial score (nSPS) is 11.1. The molecule has 1 N–H and O–H groups in total. The minimum atomic E-state index is -4.80. The Morgan fingerprint density at radius 3 is 2.38 bits per heavy atom. The number of nitriles is 1. The Kier molecular flexibility index (Phi) is 6.10. The number of nitrogens with zero attached hydrogens (tertiary/aromatic N) is 4. The summed E-state index contributed by atoms with van der Waals surface area (Å²) in [6, 6.07) is 15.6. The van der Waals surface area contributed by atoms with Crippen LogP contribution in [0.1, 0.15) is 11.1 Å². The van der Waals surface area contributed by atoms with Crippen molar-refractivity contribution in [1.82, 2.24) is 14.3 Å². The zero-order valence-corrected chi connectivity index (χ0v) is 17.9. The average molecular weight is 465 g/mol. The number of hydrogen-bond acceptors (Lipinski definition) is 5. The molecule has 0 saturated carbocycles. The number of nitrogens with one attached hydrogen (secondary N) is 1. The average Bonchev–Trinajstić information content (AvgIpc) is 3.23. The second kappa shape index (κ2) is 9.15. The molecule has 0 atom stereocenters. The van der Waals surface area contributed by atoms with E-state index < -0.39 is 6.36 Å². The van der Waals surface area contributed by atoms with E-state index in [4.69, 9.17) is 5.26 Å². The van der Waals surface area contributed by atoms with Crippen molar-refractivity contribution >= 4 is 5.69 Å². The number of benzene rings is 2. The zero-order chi connectivity index (χ0) is 24.3. The summed E-state index contributed by atoms with van der Waals surface area (Å²) >= 11 is 0. The molecule has 2 heterocycles. The molecule has 172 valence electrons. The van der Waals surface area contributed by atoms with Gasteiger partial charge in [0, 0.05) is 54.6 Å². The van der Waals surface area contributed by atoms with Crippen LogP contribution in [-0.2, 0) is 13.6 Å². The molecule has 0 amide bonds. The van der Waals surface area contributed by atoms with Crippen molar-refractivity contribution < 1.29 is 17.9 Å².